The Balaban J connectivity index is 1.83. The predicted octanol–water partition coefficient (Wildman–Crippen LogP) is 1.88. The predicted molar refractivity (Wildman–Crippen MR) is 72.4 cm³/mol. The average molecular weight is 278 g/mol. The number of hydrogen-bond acceptors (Lipinski definition) is 6. The highest BCUT2D eigenvalue weighted by atomic mass is 19.1. The van der Waals surface area contributed by atoms with Gasteiger partial charge < -0.3 is 19.9 Å². The summed E-state index contributed by atoms with van der Waals surface area (Å²) in [6.45, 7) is 2.10. The summed E-state index contributed by atoms with van der Waals surface area (Å²) in [5.74, 6) is 1.29. The molecule has 0 saturated carbocycles. The Kier molecular flexibility index (Phi) is 2.77. The lowest BCUT2D eigenvalue weighted by Crippen LogP contribution is -2.57. The fourth-order valence-corrected chi connectivity index (χ4v) is 2.20. The Morgan fingerprint density at radius 2 is 2.20 bits per heavy atom. The smallest absolute Gasteiger partial charge is 0.266 e. The van der Waals surface area contributed by atoms with Gasteiger partial charge in [-0.2, -0.15) is 4.98 Å². The lowest BCUT2D eigenvalue weighted by molar-refractivity contribution is 0.142. The number of rotatable bonds is 3. The number of anilines is 2. The van der Waals surface area contributed by atoms with Gasteiger partial charge in [0, 0.05) is 5.56 Å². The Labute approximate surface area is 115 Å². The Bertz CT molecular complexity index is 633. The molecule has 1 aromatic carbocycles. The first-order chi connectivity index (χ1) is 9.48. The first-order valence-corrected chi connectivity index (χ1v) is 6.20. The van der Waals surface area contributed by atoms with Gasteiger partial charge in [-0.15, -0.1) is 0 Å². The minimum Gasteiger partial charge on any atom is -0.495 e. The van der Waals surface area contributed by atoms with Crippen molar-refractivity contribution in [2.24, 2.45) is 0 Å². The van der Waals surface area contributed by atoms with Crippen molar-refractivity contribution < 1.29 is 13.7 Å². The maximum Gasteiger partial charge on any atom is 0.266 e. The van der Waals surface area contributed by atoms with Crippen LogP contribution in [-0.2, 0) is 0 Å². The molecule has 20 heavy (non-hydrogen) atoms. The zero-order valence-corrected chi connectivity index (χ0v) is 11.3. The standard InChI is InChI=1S/C13H15FN4O2/c1-13(14)6-18(7-13)12-16-11(20-17-12)8-3-4-9(15)10(5-8)19-2/h3-5H,6-7,15H2,1-2H3. The van der Waals surface area contributed by atoms with Crippen molar-refractivity contribution in [1.82, 2.24) is 10.1 Å². The number of nitrogens with two attached hydrogens (primary N) is 1. The third-order valence-corrected chi connectivity index (χ3v) is 3.22. The third-order valence-electron chi connectivity index (χ3n) is 3.22. The van der Waals surface area contributed by atoms with Crippen molar-refractivity contribution in [2.45, 2.75) is 12.6 Å². The summed E-state index contributed by atoms with van der Waals surface area (Å²) >= 11 is 0. The van der Waals surface area contributed by atoms with Gasteiger partial charge in [0.1, 0.15) is 11.4 Å². The summed E-state index contributed by atoms with van der Waals surface area (Å²) < 4.78 is 23.8. The summed E-state index contributed by atoms with van der Waals surface area (Å²) in [6.07, 6.45) is 0. The maximum atomic E-state index is 13.5. The number of aromatic nitrogens is 2. The van der Waals surface area contributed by atoms with Gasteiger partial charge in [0.15, 0.2) is 0 Å². The van der Waals surface area contributed by atoms with Crippen LogP contribution in [0.25, 0.3) is 11.5 Å². The van der Waals surface area contributed by atoms with Gasteiger partial charge in [0.05, 0.1) is 25.9 Å². The van der Waals surface area contributed by atoms with Crippen LogP contribution in [-0.4, -0.2) is 36.0 Å². The van der Waals surface area contributed by atoms with E-state index in [0.29, 0.717) is 28.8 Å². The Morgan fingerprint density at radius 1 is 1.45 bits per heavy atom. The molecule has 1 saturated heterocycles. The van der Waals surface area contributed by atoms with Gasteiger partial charge in [-0.3, -0.25) is 0 Å². The van der Waals surface area contributed by atoms with Crippen LogP contribution in [0.2, 0.25) is 0 Å². The minimum atomic E-state index is -1.18. The average Bonchev–Trinajstić information content (AvgIpc) is 2.85. The first-order valence-electron chi connectivity index (χ1n) is 6.20. The van der Waals surface area contributed by atoms with Gasteiger partial charge >= 0.3 is 0 Å². The molecule has 1 fully saturated rings. The van der Waals surface area contributed by atoms with Crippen molar-refractivity contribution >= 4 is 11.6 Å². The van der Waals surface area contributed by atoms with Crippen molar-refractivity contribution in [3.8, 4) is 17.2 Å². The molecule has 0 atom stereocenters. The normalized spacial score (nSPS) is 16.9. The van der Waals surface area contributed by atoms with E-state index in [4.69, 9.17) is 15.0 Å². The SMILES string of the molecule is COc1cc(-c2nc(N3CC(C)(F)C3)no2)ccc1N. The van der Waals surface area contributed by atoms with Crippen LogP contribution < -0.4 is 15.4 Å². The van der Waals surface area contributed by atoms with E-state index in [1.807, 2.05) is 0 Å². The van der Waals surface area contributed by atoms with Crippen LogP contribution in [0.5, 0.6) is 5.75 Å². The first kappa shape index (κ1) is 12.7. The zero-order valence-electron chi connectivity index (χ0n) is 11.3. The molecule has 106 valence electrons. The van der Waals surface area contributed by atoms with E-state index >= 15 is 0 Å². The molecule has 6 nitrogen and oxygen atoms in total. The molecule has 2 N–H and O–H groups in total. The molecule has 7 heteroatoms. The summed E-state index contributed by atoms with van der Waals surface area (Å²) in [5.41, 5.74) is 5.82. The van der Waals surface area contributed by atoms with E-state index in [1.54, 1.807) is 30.0 Å². The number of nitrogen functional groups attached to an aromatic ring is 1. The Morgan fingerprint density at radius 3 is 2.85 bits per heavy atom. The maximum absolute atomic E-state index is 13.5. The number of ether oxygens (including phenoxy) is 1. The van der Waals surface area contributed by atoms with E-state index in [-0.39, 0.29) is 13.1 Å². The fraction of sp³-hybridized carbons (Fsp3) is 0.385. The van der Waals surface area contributed by atoms with Crippen molar-refractivity contribution in [1.29, 1.82) is 0 Å². The monoisotopic (exact) mass is 278 g/mol. The molecule has 0 unspecified atom stereocenters. The second-order valence-corrected chi connectivity index (χ2v) is 5.13. The number of alkyl halides is 1. The lowest BCUT2D eigenvalue weighted by atomic mass is 10.0. The quantitative estimate of drug-likeness (QED) is 0.864. The molecule has 0 amide bonds. The fourth-order valence-electron chi connectivity index (χ4n) is 2.20. The van der Waals surface area contributed by atoms with Gasteiger partial charge in [0.25, 0.3) is 11.8 Å². The molecule has 1 aliphatic rings. The van der Waals surface area contributed by atoms with Crippen LogP contribution in [0.3, 0.4) is 0 Å². The molecule has 1 aliphatic heterocycles. The molecular formula is C13H15FN4O2. The summed E-state index contributed by atoms with van der Waals surface area (Å²) in [7, 11) is 1.54. The van der Waals surface area contributed by atoms with Crippen molar-refractivity contribution in [2.75, 3.05) is 30.8 Å². The molecule has 0 radical (unpaired) electrons. The summed E-state index contributed by atoms with van der Waals surface area (Å²) in [4.78, 5) is 5.98. The van der Waals surface area contributed by atoms with Crippen LogP contribution in [0.1, 0.15) is 6.92 Å². The topological polar surface area (TPSA) is 77.4 Å². The molecule has 2 heterocycles. The van der Waals surface area contributed by atoms with Gasteiger partial charge in [0.2, 0.25) is 0 Å². The summed E-state index contributed by atoms with van der Waals surface area (Å²) in [6, 6.07) is 5.20. The van der Waals surface area contributed by atoms with Gasteiger partial charge in [-0.25, -0.2) is 4.39 Å². The molecule has 0 spiro atoms. The van der Waals surface area contributed by atoms with Crippen LogP contribution >= 0.6 is 0 Å². The van der Waals surface area contributed by atoms with Crippen molar-refractivity contribution in [3.63, 3.8) is 0 Å². The van der Waals surface area contributed by atoms with Crippen LogP contribution in [0, 0.1) is 0 Å². The van der Waals surface area contributed by atoms with Crippen LogP contribution in [0.15, 0.2) is 22.7 Å². The van der Waals surface area contributed by atoms with Gasteiger partial charge in [-0.1, -0.05) is 0 Å². The summed E-state index contributed by atoms with van der Waals surface area (Å²) in [5, 5.41) is 3.86. The van der Waals surface area contributed by atoms with E-state index < -0.39 is 5.67 Å². The van der Waals surface area contributed by atoms with E-state index in [1.165, 1.54) is 7.11 Å². The molecule has 0 bridgehead atoms. The molecule has 2 aromatic rings. The van der Waals surface area contributed by atoms with E-state index in [0.717, 1.165) is 0 Å². The second-order valence-electron chi connectivity index (χ2n) is 5.13. The van der Waals surface area contributed by atoms with Crippen LogP contribution in [0.4, 0.5) is 16.0 Å². The zero-order chi connectivity index (χ0) is 14.3. The second kappa shape index (κ2) is 4.36. The Hall–Kier alpha value is -2.31. The van der Waals surface area contributed by atoms with Crippen molar-refractivity contribution in [3.05, 3.63) is 18.2 Å². The molecule has 0 aliphatic carbocycles. The van der Waals surface area contributed by atoms with Gasteiger partial charge in [-0.05, 0) is 30.3 Å². The minimum absolute atomic E-state index is 0.275. The lowest BCUT2D eigenvalue weighted by Gasteiger charge is -2.41. The third kappa shape index (κ3) is 2.15. The highest BCUT2D eigenvalue weighted by Gasteiger charge is 2.41. The number of methoxy groups -OCH3 is 1. The number of nitrogens with zero attached hydrogens (tertiary/aromatic N) is 3. The molecule has 3 rings (SSSR count). The van der Waals surface area contributed by atoms with E-state index in [9.17, 15) is 4.39 Å². The number of halogens is 1. The largest absolute Gasteiger partial charge is 0.495 e. The van der Waals surface area contributed by atoms with E-state index in [2.05, 4.69) is 10.1 Å². The highest BCUT2D eigenvalue weighted by molar-refractivity contribution is 5.65. The number of benzene rings is 1. The molecular weight excluding hydrogens is 263 g/mol. The highest BCUT2D eigenvalue weighted by Crippen LogP contribution is 2.31. The molecule has 1 aromatic heterocycles. The number of hydrogen-bond donors (Lipinski definition) is 1.